The molecule has 4 nitrogen and oxygen atoms in total. The number of hydrogen-bond acceptors (Lipinski definition) is 3. The fourth-order valence-electron chi connectivity index (χ4n) is 1.55. The monoisotopic (exact) mass is 185 g/mol. The third-order valence-electron chi connectivity index (χ3n) is 2.36. The number of hydrogen-bond donors (Lipinski definition) is 1. The molecule has 4 heteroatoms. The van der Waals surface area contributed by atoms with Crippen LogP contribution in [-0.2, 0) is 4.79 Å². The van der Waals surface area contributed by atoms with Crippen molar-refractivity contribution in [1.82, 2.24) is 15.1 Å². The molecule has 1 aliphatic heterocycles. The molecule has 0 aliphatic carbocycles. The maximum Gasteiger partial charge on any atom is 0.236 e. The highest BCUT2D eigenvalue weighted by Crippen LogP contribution is 2.01. The molecule has 0 atom stereocenters. The molecule has 1 amide bonds. The van der Waals surface area contributed by atoms with Gasteiger partial charge in [0, 0.05) is 26.2 Å². The second-order valence-electron chi connectivity index (χ2n) is 3.58. The van der Waals surface area contributed by atoms with Gasteiger partial charge in [0.25, 0.3) is 0 Å². The van der Waals surface area contributed by atoms with Crippen LogP contribution in [0.25, 0.3) is 0 Å². The number of likely N-dealkylation sites (N-methyl/N-ethyl adjacent to an activating group) is 2. The number of carbonyl (C=O) groups is 1. The van der Waals surface area contributed by atoms with Gasteiger partial charge >= 0.3 is 0 Å². The van der Waals surface area contributed by atoms with E-state index in [9.17, 15) is 4.79 Å². The summed E-state index contributed by atoms with van der Waals surface area (Å²) in [6.07, 6.45) is 1.09. The summed E-state index contributed by atoms with van der Waals surface area (Å²) in [4.78, 5) is 15.6. The van der Waals surface area contributed by atoms with Crippen molar-refractivity contribution < 1.29 is 4.79 Å². The minimum atomic E-state index is 0.259. The van der Waals surface area contributed by atoms with Gasteiger partial charge in [-0.25, -0.2) is 0 Å². The predicted octanol–water partition coefficient (Wildman–Crippen LogP) is -0.630. The number of amides is 1. The van der Waals surface area contributed by atoms with Crippen LogP contribution in [0.5, 0.6) is 0 Å². The van der Waals surface area contributed by atoms with Gasteiger partial charge in [0.05, 0.1) is 6.54 Å². The molecular formula is C9H19N3O. The van der Waals surface area contributed by atoms with Crippen LogP contribution in [0.3, 0.4) is 0 Å². The first-order valence-electron chi connectivity index (χ1n) is 4.85. The standard InChI is InChI=1S/C9H19N3O/c1-10-4-7-12-6-3-5-11(2)8-9(12)13/h10H,3-8H2,1-2H3. The molecule has 0 unspecified atom stereocenters. The first kappa shape index (κ1) is 10.5. The summed E-state index contributed by atoms with van der Waals surface area (Å²) in [5, 5.41) is 3.06. The SMILES string of the molecule is CNCCN1CCCN(C)CC1=O. The highest BCUT2D eigenvalue weighted by atomic mass is 16.2. The maximum atomic E-state index is 11.6. The Hall–Kier alpha value is -0.610. The van der Waals surface area contributed by atoms with Gasteiger partial charge in [-0.3, -0.25) is 9.69 Å². The van der Waals surface area contributed by atoms with Crippen LogP contribution < -0.4 is 5.32 Å². The van der Waals surface area contributed by atoms with Gasteiger partial charge in [0.1, 0.15) is 0 Å². The molecule has 1 heterocycles. The van der Waals surface area contributed by atoms with E-state index in [0.717, 1.165) is 32.6 Å². The van der Waals surface area contributed by atoms with Crippen LogP contribution in [0.1, 0.15) is 6.42 Å². The molecule has 76 valence electrons. The largest absolute Gasteiger partial charge is 0.340 e. The predicted molar refractivity (Wildman–Crippen MR) is 52.6 cm³/mol. The summed E-state index contributed by atoms with van der Waals surface area (Å²) in [5.74, 6) is 0.259. The normalized spacial score (nSPS) is 20.5. The molecule has 0 saturated carbocycles. The van der Waals surface area contributed by atoms with Gasteiger partial charge in [0.2, 0.25) is 5.91 Å². The minimum absolute atomic E-state index is 0.259. The van der Waals surface area contributed by atoms with Crippen molar-refractivity contribution in [3.63, 3.8) is 0 Å². The minimum Gasteiger partial charge on any atom is -0.340 e. The molecule has 1 aliphatic rings. The lowest BCUT2D eigenvalue weighted by atomic mass is 10.4. The zero-order valence-electron chi connectivity index (χ0n) is 8.55. The smallest absolute Gasteiger partial charge is 0.236 e. The second kappa shape index (κ2) is 5.19. The van der Waals surface area contributed by atoms with Gasteiger partial charge in [-0.05, 0) is 20.5 Å². The molecule has 0 spiro atoms. The number of nitrogens with zero attached hydrogens (tertiary/aromatic N) is 2. The lowest BCUT2D eigenvalue weighted by Gasteiger charge is -2.20. The quantitative estimate of drug-likeness (QED) is 0.636. The summed E-state index contributed by atoms with van der Waals surface area (Å²) >= 11 is 0. The third kappa shape index (κ3) is 3.32. The Morgan fingerprint density at radius 2 is 2.23 bits per heavy atom. The molecule has 1 rings (SSSR count). The van der Waals surface area contributed by atoms with Gasteiger partial charge in [-0.2, -0.15) is 0 Å². The molecule has 0 aromatic heterocycles. The van der Waals surface area contributed by atoms with Crippen LogP contribution in [0, 0.1) is 0 Å². The van der Waals surface area contributed by atoms with E-state index >= 15 is 0 Å². The molecule has 0 bridgehead atoms. The van der Waals surface area contributed by atoms with Crippen molar-refractivity contribution in [2.24, 2.45) is 0 Å². The topological polar surface area (TPSA) is 35.6 Å². The van der Waals surface area contributed by atoms with Crippen LogP contribution >= 0.6 is 0 Å². The highest BCUT2D eigenvalue weighted by Gasteiger charge is 2.18. The van der Waals surface area contributed by atoms with Gasteiger partial charge in [0.15, 0.2) is 0 Å². The summed E-state index contributed by atoms with van der Waals surface area (Å²) in [6.45, 7) is 4.23. The van der Waals surface area contributed by atoms with Crippen LogP contribution in [-0.4, -0.2) is 62.5 Å². The Labute approximate surface area is 79.9 Å². The van der Waals surface area contributed by atoms with Crippen molar-refractivity contribution in [2.45, 2.75) is 6.42 Å². The summed E-state index contributed by atoms with van der Waals surface area (Å²) < 4.78 is 0. The zero-order valence-corrected chi connectivity index (χ0v) is 8.55. The van der Waals surface area contributed by atoms with E-state index in [1.807, 2.05) is 19.0 Å². The molecule has 0 aromatic rings. The Morgan fingerprint density at radius 3 is 2.92 bits per heavy atom. The lowest BCUT2D eigenvalue weighted by molar-refractivity contribution is -0.130. The summed E-state index contributed by atoms with van der Waals surface area (Å²) in [5.41, 5.74) is 0. The average Bonchev–Trinajstić information content (AvgIpc) is 2.24. The molecule has 1 saturated heterocycles. The highest BCUT2D eigenvalue weighted by molar-refractivity contribution is 5.78. The van der Waals surface area contributed by atoms with Crippen LogP contribution in [0.2, 0.25) is 0 Å². The Morgan fingerprint density at radius 1 is 1.46 bits per heavy atom. The number of nitrogens with one attached hydrogen (secondary N) is 1. The zero-order chi connectivity index (χ0) is 9.68. The number of rotatable bonds is 3. The van der Waals surface area contributed by atoms with Crippen molar-refractivity contribution in [3.8, 4) is 0 Å². The van der Waals surface area contributed by atoms with Crippen molar-refractivity contribution in [2.75, 3.05) is 46.8 Å². The Balaban J connectivity index is 2.39. The van der Waals surface area contributed by atoms with Gasteiger partial charge < -0.3 is 10.2 Å². The molecule has 0 aromatic carbocycles. The third-order valence-corrected chi connectivity index (χ3v) is 2.36. The van der Waals surface area contributed by atoms with E-state index in [4.69, 9.17) is 0 Å². The lowest BCUT2D eigenvalue weighted by Crippen LogP contribution is -2.39. The first-order valence-corrected chi connectivity index (χ1v) is 4.85. The Kier molecular flexibility index (Phi) is 4.18. The summed E-state index contributed by atoms with van der Waals surface area (Å²) in [6, 6.07) is 0. The van der Waals surface area contributed by atoms with Gasteiger partial charge in [-0.1, -0.05) is 0 Å². The molecule has 1 fully saturated rings. The fraction of sp³-hybridized carbons (Fsp3) is 0.889. The van der Waals surface area contributed by atoms with E-state index in [0.29, 0.717) is 6.54 Å². The molecule has 13 heavy (non-hydrogen) atoms. The van der Waals surface area contributed by atoms with E-state index in [2.05, 4.69) is 10.2 Å². The number of carbonyl (C=O) groups excluding carboxylic acids is 1. The molecule has 1 N–H and O–H groups in total. The van der Waals surface area contributed by atoms with E-state index in [1.54, 1.807) is 0 Å². The first-order chi connectivity index (χ1) is 6.24. The van der Waals surface area contributed by atoms with Crippen molar-refractivity contribution in [1.29, 1.82) is 0 Å². The molecular weight excluding hydrogens is 166 g/mol. The van der Waals surface area contributed by atoms with Gasteiger partial charge in [-0.15, -0.1) is 0 Å². The maximum absolute atomic E-state index is 11.6. The van der Waals surface area contributed by atoms with Crippen LogP contribution in [0.15, 0.2) is 0 Å². The van der Waals surface area contributed by atoms with E-state index in [1.165, 1.54) is 0 Å². The van der Waals surface area contributed by atoms with Crippen molar-refractivity contribution in [3.05, 3.63) is 0 Å². The van der Waals surface area contributed by atoms with Crippen molar-refractivity contribution >= 4 is 5.91 Å². The second-order valence-corrected chi connectivity index (χ2v) is 3.58. The molecule has 0 radical (unpaired) electrons. The summed E-state index contributed by atoms with van der Waals surface area (Å²) in [7, 11) is 3.91. The Bertz CT molecular complexity index is 170. The average molecular weight is 185 g/mol. The van der Waals surface area contributed by atoms with Crippen LogP contribution in [0.4, 0.5) is 0 Å². The fourth-order valence-corrected chi connectivity index (χ4v) is 1.55. The van der Waals surface area contributed by atoms with E-state index in [-0.39, 0.29) is 5.91 Å². The van der Waals surface area contributed by atoms with E-state index < -0.39 is 0 Å².